The summed E-state index contributed by atoms with van der Waals surface area (Å²) in [6.07, 6.45) is 5.98. The Balaban J connectivity index is 2.07. The number of carbonyl (C=O) groups is 1. The van der Waals surface area contributed by atoms with Crippen LogP contribution in [-0.4, -0.2) is 10.8 Å². The van der Waals surface area contributed by atoms with Crippen molar-refractivity contribution in [2.45, 2.75) is 6.42 Å². The fourth-order valence-electron chi connectivity index (χ4n) is 1.96. The lowest BCUT2D eigenvalue weighted by atomic mass is 10.0. The first-order valence-electron chi connectivity index (χ1n) is 5.32. The predicted octanol–water partition coefficient (Wildman–Crippen LogP) is 3.08. The lowest BCUT2D eigenvalue weighted by molar-refractivity contribution is -0.113. The van der Waals surface area contributed by atoms with E-state index >= 15 is 0 Å². The van der Waals surface area contributed by atoms with Crippen molar-refractivity contribution in [2.24, 2.45) is 0 Å². The summed E-state index contributed by atoms with van der Waals surface area (Å²) < 4.78 is 0. The highest BCUT2D eigenvalue weighted by molar-refractivity contribution is 5.98. The number of benzene rings is 1. The predicted molar refractivity (Wildman–Crippen MR) is 65.0 cm³/mol. The second-order valence-corrected chi connectivity index (χ2v) is 3.93. The number of allylic oxidation sites excluding steroid dienone is 4. The van der Waals surface area contributed by atoms with Crippen LogP contribution in [0.1, 0.15) is 12.1 Å². The van der Waals surface area contributed by atoms with E-state index in [2.05, 4.69) is 23.2 Å². The summed E-state index contributed by atoms with van der Waals surface area (Å²) in [5.41, 5.74) is 3.30. The van der Waals surface area contributed by atoms with E-state index in [-0.39, 0.29) is 5.78 Å². The fraction of sp³-hybridized carbons (Fsp3) is 0.0714. The Morgan fingerprint density at radius 1 is 1.12 bits per heavy atom. The zero-order valence-corrected chi connectivity index (χ0v) is 8.73. The summed E-state index contributed by atoms with van der Waals surface area (Å²) in [6.45, 7) is 0. The molecular weight excluding hydrogens is 198 g/mol. The molecule has 0 fully saturated rings. The maximum Gasteiger partial charge on any atom is 0.159 e. The third kappa shape index (κ3) is 1.48. The summed E-state index contributed by atoms with van der Waals surface area (Å²) >= 11 is 0. The van der Waals surface area contributed by atoms with Crippen molar-refractivity contribution in [3.63, 3.8) is 0 Å². The molecule has 0 bridgehead atoms. The summed E-state index contributed by atoms with van der Waals surface area (Å²) in [4.78, 5) is 14.4. The number of H-pyrrole nitrogens is 1. The van der Waals surface area contributed by atoms with Gasteiger partial charge in [-0.3, -0.25) is 4.79 Å². The Morgan fingerprint density at radius 2 is 2.00 bits per heavy atom. The van der Waals surface area contributed by atoms with Crippen molar-refractivity contribution in [3.05, 3.63) is 54.3 Å². The smallest absolute Gasteiger partial charge is 0.159 e. The molecule has 1 aliphatic carbocycles. The fourth-order valence-corrected chi connectivity index (χ4v) is 1.96. The van der Waals surface area contributed by atoms with Crippen LogP contribution >= 0.6 is 0 Å². The normalized spacial score (nSPS) is 15.5. The van der Waals surface area contributed by atoms with E-state index in [0.717, 1.165) is 16.8 Å². The van der Waals surface area contributed by atoms with Crippen LogP contribution < -0.4 is 0 Å². The molecule has 2 nitrogen and oxygen atoms in total. The minimum absolute atomic E-state index is 0.167. The van der Waals surface area contributed by atoms with E-state index < -0.39 is 0 Å². The van der Waals surface area contributed by atoms with Crippen molar-refractivity contribution in [2.75, 3.05) is 0 Å². The van der Waals surface area contributed by atoms with Crippen LogP contribution in [0, 0.1) is 0 Å². The molecule has 3 rings (SSSR count). The van der Waals surface area contributed by atoms with Crippen LogP contribution in [0.4, 0.5) is 0 Å². The second-order valence-electron chi connectivity index (χ2n) is 3.93. The van der Waals surface area contributed by atoms with Gasteiger partial charge in [-0.25, -0.2) is 0 Å². The minimum Gasteiger partial charge on any atom is -0.355 e. The Labute approximate surface area is 93.3 Å². The molecule has 0 atom stereocenters. The third-order valence-electron chi connectivity index (χ3n) is 2.81. The number of hydrogen-bond donors (Lipinski definition) is 1. The van der Waals surface area contributed by atoms with E-state index in [9.17, 15) is 4.79 Å². The third-order valence-corrected chi connectivity index (χ3v) is 2.81. The molecule has 0 aliphatic heterocycles. The molecule has 2 aromatic rings. The molecular formula is C14H11NO. The van der Waals surface area contributed by atoms with Crippen molar-refractivity contribution in [1.29, 1.82) is 0 Å². The molecule has 0 saturated heterocycles. The molecule has 0 amide bonds. The average Bonchev–Trinajstić information content (AvgIpc) is 2.73. The summed E-state index contributed by atoms with van der Waals surface area (Å²) in [5, 5.41) is 1.20. The van der Waals surface area contributed by atoms with Gasteiger partial charge >= 0.3 is 0 Å². The molecule has 1 aromatic heterocycles. The highest BCUT2D eigenvalue weighted by atomic mass is 16.1. The number of carbonyl (C=O) groups excluding carboxylic acids is 1. The van der Waals surface area contributed by atoms with Gasteiger partial charge in [-0.1, -0.05) is 24.3 Å². The number of para-hydroxylation sites is 1. The average molecular weight is 209 g/mol. The van der Waals surface area contributed by atoms with E-state index in [1.165, 1.54) is 5.39 Å². The summed E-state index contributed by atoms with van der Waals surface area (Å²) in [5.74, 6) is 0.167. The zero-order valence-electron chi connectivity index (χ0n) is 8.73. The van der Waals surface area contributed by atoms with Gasteiger partial charge in [-0.15, -0.1) is 0 Å². The second kappa shape index (κ2) is 3.49. The molecule has 0 saturated carbocycles. The molecule has 78 valence electrons. The number of aromatic amines is 1. The monoisotopic (exact) mass is 209 g/mol. The molecule has 0 unspecified atom stereocenters. The van der Waals surface area contributed by atoms with Gasteiger partial charge in [0.05, 0.1) is 0 Å². The number of nitrogens with one attached hydrogen (secondary N) is 1. The molecule has 1 aliphatic rings. The van der Waals surface area contributed by atoms with Gasteiger partial charge in [-0.05, 0) is 29.9 Å². The van der Waals surface area contributed by atoms with Gasteiger partial charge in [0.15, 0.2) is 5.78 Å². The quantitative estimate of drug-likeness (QED) is 0.769. The molecule has 0 radical (unpaired) electrons. The molecule has 1 heterocycles. The molecule has 0 spiro atoms. The highest BCUT2D eigenvalue weighted by Gasteiger charge is 2.07. The van der Waals surface area contributed by atoms with Crippen LogP contribution in [0.15, 0.2) is 48.6 Å². The van der Waals surface area contributed by atoms with Crippen LogP contribution in [0.5, 0.6) is 0 Å². The number of ketones is 1. The maximum atomic E-state index is 11.1. The maximum absolute atomic E-state index is 11.1. The van der Waals surface area contributed by atoms with E-state index in [0.29, 0.717) is 6.42 Å². The van der Waals surface area contributed by atoms with Crippen LogP contribution in [-0.2, 0) is 4.79 Å². The van der Waals surface area contributed by atoms with E-state index in [1.54, 1.807) is 6.08 Å². The van der Waals surface area contributed by atoms with Gasteiger partial charge in [0, 0.05) is 23.0 Å². The van der Waals surface area contributed by atoms with Gasteiger partial charge in [0.2, 0.25) is 0 Å². The minimum atomic E-state index is 0.167. The van der Waals surface area contributed by atoms with E-state index in [4.69, 9.17) is 0 Å². The first-order valence-corrected chi connectivity index (χ1v) is 5.32. The van der Waals surface area contributed by atoms with Crippen LogP contribution in [0.3, 0.4) is 0 Å². The van der Waals surface area contributed by atoms with Crippen molar-refractivity contribution in [1.82, 2.24) is 4.98 Å². The standard InChI is InChI=1S/C14H11NO/c16-12-7-5-10(6-8-12)14-9-11-3-1-2-4-13(11)15-14/h1-7,9,15H,8H2. The Morgan fingerprint density at radius 3 is 2.75 bits per heavy atom. The Bertz CT molecular complexity index is 583. The van der Waals surface area contributed by atoms with Crippen LogP contribution in [0.2, 0.25) is 0 Å². The highest BCUT2D eigenvalue weighted by Crippen LogP contribution is 2.23. The van der Waals surface area contributed by atoms with Crippen molar-refractivity contribution < 1.29 is 4.79 Å². The Hall–Kier alpha value is -2.09. The molecule has 16 heavy (non-hydrogen) atoms. The molecule has 1 aromatic carbocycles. The zero-order chi connectivity index (χ0) is 11.0. The number of rotatable bonds is 1. The summed E-state index contributed by atoms with van der Waals surface area (Å²) in [6, 6.07) is 10.3. The Kier molecular flexibility index (Phi) is 2.00. The lowest BCUT2D eigenvalue weighted by Gasteiger charge is -2.03. The number of hydrogen-bond acceptors (Lipinski definition) is 1. The lowest BCUT2D eigenvalue weighted by Crippen LogP contribution is -1.96. The first kappa shape index (κ1) is 9.16. The first-order chi connectivity index (χ1) is 7.83. The van der Waals surface area contributed by atoms with Crippen molar-refractivity contribution >= 4 is 22.3 Å². The van der Waals surface area contributed by atoms with Gasteiger partial charge in [0.1, 0.15) is 0 Å². The van der Waals surface area contributed by atoms with Gasteiger partial charge in [0.25, 0.3) is 0 Å². The molecule has 1 N–H and O–H groups in total. The molecule has 2 heteroatoms. The van der Waals surface area contributed by atoms with Gasteiger partial charge < -0.3 is 4.98 Å². The number of aromatic nitrogens is 1. The van der Waals surface area contributed by atoms with Crippen LogP contribution in [0.25, 0.3) is 16.5 Å². The van der Waals surface area contributed by atoms with Gasteiger partial charge in [-0.2, -0.15) is 0 Å². The largest absolute Gasteiger partial charge is 0.355 e. The SMILES string of the molecule is O=C1C=CC(c2cc3ccccc3[nH]2)=CC1. The topological polar surface area (TPSA) is 32.9 Å². The number of fused-ring (bicyclic) bond motifs is 1. The van der Waals surface area contributed by atoms with Crippen molar-refractivity contribution in [3.8, 4) is 0 Å². The van der Waals surface area contributed by atoms with E-state index in [1.807, 2.05) is 24.3 Å². The summed E-state index contributed by atoms with van der Waals surface area (Å²) in [7, 11) is 0.